The molecule has 2 rings (SSSR count). The number of carbonyl (C=O) groups is 2. The number of pyridine rings is 1. The monoisotopic (exact) mass is 350 g/mol. The summed E-state index contributed by atoms with van der Waals surface area (Å²) in [6, 6.07) is 3.65. The van der Waals surface area contributed by atoms with Crippen molar-refractivity contribution in [3.63, 3.8) is 0 Å². The third-order valence-electron chi connectivity index (χ3n) is 3.33. The first kappa shape index (κ1) is 19.0. The molecule has 0 fully saturated rings. The number of ether oxygens (including phenoxy) is 2. The van der Waals surface area contributed by atoms with Crippen molar-refractivity contribution in [1.29, 1.82) is 0 Å². The number of carbonyl (C=O) groups excluding carboxylic acids is 2. The van der Waals surface area contributed by atoms with Crippen molar-refractivity contribution in [2.24, 2.45) is 5.92 Å². The SMILES string of the molecule is CC(CNCc1ccc2c(n1)NC(=O)CO2)CNC(=O)OC(C)(C)C. The molecule has 0 aliphatic carbocycles. The molecule has 1 aliphatic heterocycles. The van der Waals surface area contributed by atoms with Crippen molar-refractivity contribution in [2.75, 3.05) is 25.0 Å². The van der Waals surface area contributed by atoms with Crippen molar-refractivity contribution in [2.45, 2.75) is 39.8 Å². The summed E-state index contributed by atoms with van der Waals surface area (Å²) in [7, 11) is 0. The van der Waals surface area contributed by atoms with E-state index >= 15 is 0 Å². The molecule has 0 radical (unpaired) electrons. The number of fused-ring (bicyclic) bond motifs is 1. The van der Waals surface area contributed by atoms with Crippen LogP contribution in [0.3, 0.4) is 0 Å². The molecule has 1 aromatic heterocycles. The lowest BCUT2D eigenvalue weighted by molar-refractivity contribution is -0.118. The molecule has 0 bridgehead atoms. The molecule has 25 heavy (non-hydrogen) atoms. The van der Waals surface area contributed by atoms with Gasteiger partial charge < -0.3 is 25.4 Å². The molecule has 1 aliphatic rings. The van der Waals surface area contributed by atoms with Gasteiger partial charge in [0.1, 0.15) is 5.60 Å². The van der Waals surface area contributed by atoms with E-state index in [4.69, 9.17) is 9.47 Å². The van der Waals surface area contributed by atoms with Crippen LogP contribution in [0.25, 0.3) is 0 Å². The van der Waals surface area contributed by atoms with Crippen LogP contribution in [0, 0.1) is 5.92 Å². The van der Waals surface area contributed by atoms with E-state index in [0.29, 0.717) is 31.2 Å². The van der Waals surface area contributed by atoms with Crippen LogP contribution in [0.2, 0.25) is 0 Å². The third-order valence-corrected chi connectivity index (χ3v) is 3.33. The van der Waals surface area contributed by atoms with Crippen LogP contribution in [0.1, 0.15) is 33.4 Å². The summed E-state index contributed by atoms with van der Waals surface area (Å²) in [5.41, 5.74) is 0.305. The Hall–Kier alpha value is -2.35. The molecular formula is C17H26N4O4. The molecule has 0 saturated carbocycles. The highest BCUT2D eigenvalue weighted by Crippen LogP contribution is 2.25. The second kappa shape index (κ2) is 8.15. The quantitative estimate of drug-likeness (QED) is 0.721. The average Bonchev–Trinajstić information content (AvgIpc) is 2.51. The van der Waals surface area contributed by atoms with Gasteiger partial charge in [-0.1, -0.05) is 6.92 Å². The van der Waals surface area contributed by atoms with Crippen molar-refractivity contribution >= 4 is 17.8 Å². The maximum Gasteiger partial charge on any atom is 0.407 e. The Labute approximate surface area is 147 Å². The van der Waals surface area contributed by atoms with Crippen molar-refractivity contribution in [3.8, 4) is 5.75 Å². The van der Waals surface area contributed by atoms with Crippen LogP contribution in [-0.2, 0) is 16.1 Å². The highest BCUT2D eigenvalue weighted by Gasteiger charge is 2.18. The van der Waals surface area contributed by atoms with Gasteiger partial charge in [0.2, 0.25) is 0 Å². The minimum absolute atomic E-state index is 0.0223. The Kier molecular flexibility index (Phi) is 6.19. The standard InChI is InChI=1S/C17H26N4O4/c1-11(8-19-16(23)25-17(2,3)4)7-18-9-12-5-6-13-15(20-12)21-14(22)10-24-13/h5-6,11,18H,7-10H2,1-4H3,(H,19,23)(H,20,21,22). The van der Waals surface area contributed by atoms with Gasteiger partial charge >= 0.3 is 6.09 Å². The van der Waals surface area contributed by atoms with Crippen LogP contribution in [0.5, 0.6) is 5.75 Å². The zero-order valence-corrected chi connectivity index (χ0v) is 15.1. The molecule has 2 amide bonds. The number of anilines is 1. The van der Waals surface area contributed by atoms with Gasteiger partial charge in [-0.3, -0.25) is 4.79 Å². The summed E-state index contributed by atoms with van der Waals surface area (Å²) in [6.45, 7) is 9.32. The number of hydrogen-bond acceptors (Lipinski definition) is 6. The number of aromatic nitrogens is 1. The molecule has 8 nitrogen and oxygen atoms in total. The maximum atomic E-state index is 11.6. The smallest absolute Gasteiger partial charge is 0.407 e. The largest absolute Gasteiger partial charge is 0.480 e. The fraction of sp³-hybridized carbons (Fsp3) is 0.588. The lowest BCUT2D eigenvalue weighted by atomic mass is 10.2. The van der Waals surface area contributed by atoms with Crippen LogP contribution in [0.4, 0.5) is 10.6 Å². The molecule has 0 spiro atoms. The minimum atomic E-state index is -0.497. The van der Waals surface area contributed by atoms with Gasteiger partial charge in [0.05, 0.1) is 5.69 Å². The number of rotatable bonds is 6. The minimum Gasteiger partial charge on any atom is -0.480 e. The molecule has 1 unspecified atom stereocenters. The van der Waals surface area contributed by atoms with Crippen molar-refractivity contribution in [1.82, 2.24) is 15.6 Å². The fourth-order valence-electron chi connectivity index (χ4n) is 2.19. The van der Waals surface area contributed by atoms with E-state index in [2.05, 4.69) is 20.9 Å². The zero-order valence-electron chi connectivity index (χ0n) is 15.1. The number of nitrogens with zero attached hydrogens (tertiary/aromatic N) is 1. The Morgan fingerprint density at radius 1 is 1.40 bits per heavy atom. The summed E-state index contributed by atoms with van der Waals surface area (Å²) in [4.78, 5) is 27.3. The molecule has 0 aromatic carbocycles. The van der Waals surface area contributed by atoms with Crippen LogP contribution in [0.15, 0.2) is 12.1 Å². The van der Waals surface area contributed by atoms with Gasteiger partial charge in [0, 0.05) is 13.1 Å². The Morgan fingerprint density at radius 2 is 2.16 bits per heavy atom. The van der Waals surface area contributed by atoms with Gasteiger partial charge in [-0.15, -0.1) is 0 Å². The van der Waals surface area contributed by atoms with Crippen LogP contribution >= 0.6 is 0 Å². The summed E-state index contributed by atoms with van der Waals surface area (Å²) < 4.78 is 10.5. The fourth-order valence-corrected chi connectivity index (χ4v) is 2.19. The molecule has 8 heteroatoms. The van der Waals surface area contributed by atoms with E-state index in [9.17, 15) is 9.59 Å². The number of alkyl carbamates (subject to hydrolysis) is 1. The van der Waals surface area contributed by atoms with Crippen molar-refractivity contribution in [3.05, 3.63) is 17.8 Å². The first-order valence-corrected chi connectivity index (χ1v) is 8.33. The first-order valence-electron chi connectivity index (χ1n) is 8.33. The normalized spacial score (nSPS) is 14.8. The van der Waals surface area contributed by atoms with E-state index in [1.54, 1.807) is 6.07 Å². The topological polar surface area (TPSA) is 102 Å². The summed E-state index contributed by atoms with van der Waals surface area (Å²) in [6.07, 6.45) is -0.411. The van der Waals surface area contributed by atoms with Gasteiger partial charge in [-0.25, -0.2) is 9.78 Å². The number of amides is 2. The predicted octanol–water partition coefficient (Wildman–Crippen LogP) is 1.66. The number of hydrogen-bond donors (Lipinski definition) is 3. The molecule has 1 aromatic rings. The van der Waals surface area contributed by atoms with Gasteiger partial charge in [-0.05, 0) is 45.4 Å². The predicted molar refractivity (Wildman–Crippen MR) is 93.5 cm³/mol. The Balaban J connectivity index is 1.71. The van der Waals surface area contributed by atoms with E-state index in [-0.39, 0.29) is 18.4 Å². The molecule has 0 saturated heterocycles. The summed E-state index contributed by atoms with van der Waals surface area (Å²) in [5.74, 6) is 1.06. The zero-order chi connectivity index (χ0) is 18.4. The van der Waals surface area contributed by atoms with Crippen molar-refractivity contribution < 1.29 is 19.1 Å². The third kappa shape index (κ3) is 6.58. The highest BCUT2D eigenvalue weighted by molar-refractivity contribution is 5.94. The summed E-state index contributed by atoms with van der Waals surface area (Å²) in [5, 5.41) is 8.72. The van der Waals surface area contributed by atoms with E-state index in [1.807, 2.05) is 33.8 Å². The van der Waals surface area contributed by atoms with E-state index in [1.165, 1.54) is 0 Å². The Bertz CT molecular complexity index is 628. The molecule has 1 atom stereocenters. The molecule has 3 N–H and O–H groups in total. The van der Waals surface area contributed by atoms with E-state index in [0.717, 1.165) is 5.69 Å². The molecule has 138 valence electrons. The van der Waals surface area contributed by atoms with Gasteiger partial charge in [-0.2, -0.15) is 0 Å². The Morgan fingerprint density at radius 3 is 2.88 bits per heavy atom. The van der Waals surface area contributed by atoms with Gasteiger partial charge in [0.15, 0.2) is 18.2 Å². The lowest BCUT2D eigenvalue weighted by Gasteiger charge is -2.21. The average molecular weight is 350 g/mol. The second-order valence-electron chi connectivity index (χ2n) is 7.11. The second-order valence-corrected chi connectivity index (χ2v) is 7.11. The first-order chi connectivity index (χ1) is 11.7. The lowest BCUT2D eigenvalue weighted by Crippen LogP contribution is -2.37. The molecule has 2 heterocycles. The van der Waals surface area contributed by atoms with Crippen LogP contribution in [-0.4, -0.2) is 42.3 Å². The number of nitrogens with one attached hydrogen (secondary N) is 3. The highest BCUT2D eigenvalue weighted by atomic mass is 16.6. The van der Waals surface area contributed by atoms with E-state index < -0.39 is 11.7 Å². The van der Waals surface area contributed by atoms with Crippen LogP contribution < -0.4 is 20.7 Å². The summed E-state index contributed by atoms with van der Waals surface area (Å²) >= 11 is 0. The van der Waals surface area contributed by atoms with Gasteiger partial charge in [0.25, 0.3) is 5.91 Å². The maximum absolute atomic E-state index is 11.6. The molecular weight excluding hydrogens is 324 g/mol.